The molecule has 8 rings (SSSR count). The van der Waals surface area contributed by atoms with Gasteiger partial charge in [0.25, 0.3) is 11.8 Å². The summed E-state index contributed by atoms with van der Waals surface area (Å²) in [5, 5.41) is 10.7. The molecule has 0 spiro atoms. The number of hydrogen-bond donors (Lipinski definition) is 1. The summed E-state index contributed by atoms with van der Waals surface area (Å²) in [5.41, 5.74) is 2.17. The molecular formula is C40H28Cl2FIN2O7. The van der Waals surface area contributed by atoms with Crippen molar-refractivity contribution in [3.63, 3.8) is 0 Å². The number of hydrogen-bond acceptors (Lipinski definition) is 7. The molecule has 0 unspecified atom stereocenters. The van der Waals surface area contributed by atoms with E-state index in [2.05, 4.69) is 0 Å². The molecular weight excluding hydrogens is 837 g/mol. The predicted octanol–water partition coefficient (Wildman–Crippen LogP) is 7.14. The highest BCUT2D eigenvalue weighted by Crippen LogP contribution is 2.66. The van der Waals surface area contributed by atoms with Crippen LogP contribution in [0.3, 0.4) is 0 Å². The molecule has 4 aromatic carbocycles. The third-order valence-electron chi connectivity index (χ3n) is 10.9. The van der Waals surface area contributed by atoms with Crippen molar-refractivity contribution in [1.29, 1.82) is 0 Å². The third kappa shape index (κ3) is 5.10. The number of allylic oxidation sites excluding steroid dienone is 2. The van der Waals surface area contributed by atoms with E-state index in [0.717, 1.165) is 21.9 Å². The summed E-state index contributed by atoms with van der Waals surface area (Å²) in [6.07, 6.45) is 1.68. The van der Waals surface area contributed by atoms with Gasteiger partial charge in [-0.25, -0.2) is 9.29 Å². The molecule has 268 valence electrons. The van der Waals surface area contributed by atoms with E-state index in [9.17, 15) is 33.5 Å². The first-order chi connectivity index (χ1) is 25.3. The Bertz CT molecular complexity index is 2290. The number of ketones is 1. The smallest absolute Gasteiger partial charge is 0.258 e. The molecule has 4 amide bonds. The minimum absolute atomic E-state index is 0.0646. The number of ether oxygens (including phenoxy) is 1. The molecule has 4 aliphatic rings. The van der Waals surface area contributed by atoms with Gasteiger partial charge in [-0.1, -0.05) is 42.0 Å². The summed E-state index contributed by atoms with van der Waals surface area (Å²) >= 11 is 16.8. The molecule has 1 saturated carbocycles. The van der Waals surface area contributed by atoms with Crippen LogP contribution >= 0.6 is 45.8 Å². The Balaban J connectivity index is 1.22. The van der Waals surface area contributed by atoms with E-state index >= 15 is 0 Å². The number of phenolic OH excluding ortho intramolecular Hbond substituents is 1. The second-order valence-corrected chi connectivity index (χ2v) is 16.0. The molecule has 3 fully saturated rings. The van der Waals surface area contributed by atoms with Gasteiger partial charge in [0.05, 0.1) is 33.9 Å². The highest BCUT2D eigenvalue weighted by molar-refractivity contribution is 14.1. The lowest BCUT2D eigenvalue weighted by atomic mass is 9.56. The zero-order valence-corrected chi connectivity index (χ0v) is 31.4. The lowest BCUT2D eigenvalue weighted by Crippen LogP contribution is -2.60. The molecule has 9 nitrogen and oxygen atoms in total. The molecule has 0 radical (unpaired) electrons. The largest absolute Gasteiger partial charge is 0.504 e. The number of benzene rings is 4. The maximum Gasteiger partial charge on any atom is 0.258 e. The average Bonchev–Trinajstić information content (AvgIpc) is 3.50. The van der Waals surface area contributed by atoms with Crippen LogP contribution in [0.4, 0.5) is 15.8 Å². The number of rotatable bonds is 6. The number of aromatic hydroxyl groups is 1. The third-order valence-corrected chi connectivity index (χ3v) is 13.2. The first-order valence-corrected chi connectivity index (χ1v) is 18.5. The molecule has 0 bridgehead atoms. The zero-order valence-electron chi connectivity index (χ0n) is 27.8. The lowest BCUT2D eigenvalue weighted by Gasteiger charge is -2.50. The molecule has 53 heavy (non-hydrogen) atoms. The number of carbonyl (C=O) groups excluding carboxylic acids is 5. The SMILES string of the molecule is COc1cc([C@H]2C3=CC[C@@H]4C(=O)N(c5ccc(C(=O)c6ccccc6)cc5)C(=O)[C@@H]4[C@@H]3C[C@@]3(Cl)C(=O)N(c4ccc(F)cc4)C(=O)[C@@]23Cl)cc(I)c1O. The zero-order chi connectivity index (χ0) is 37.6. The number of nitrogens with zero attached hydrogens (tertiary/aromatic N) is 2. The summed E-state index contributed by atoms with van der Waals surface area (Å²) in [5.74, 6) is -7.18. The van der Waals surface area contributed by atoms with Crippen LogP contribution in [0.1, 0.15) is 40.2 Å². The van der Waals surface area contributed by atoms with Crippen molar-refractivity contribution in [3.05, 3.63) is 129 Å². The van der Waals surface area contributed by atoms with E-state index in [4.69, 9.17) is 27.9 Å². The van der Waals surface area contributed by atoms with Gasteiger partial charge in [-0.15, -0.1) is 23.2 Å². The Morgan fingerprint density at radius 2 is 1.47 bits per heavy atom. The minimum Gasteiger partial charge on any atom is -0.504 e. The van der Waals surface area contributed by atoms with E-state index in [-0.39, 0.29) is 41.5 Å². The number of amides is 4. The quantitative estimate of drug-likeness (QED) is 0.0720. The molecule has 13 heteroatoms. The molecule has 2 aliphatic carbocycles. The highest BCUT2D eigenvalue weighted by Gasteiger charge is 2.76. The summed E-state index contributed by atoms with van der Waals surface area (Å²) in [7, 11) is 1.37. The fraction of sp³-hybridized carbons (Fsp3) is 0.225. The summed E-state index contributed by atoms with van der Waals surface area (Å²) in [6.45, 7) is 0. The number of imide groups is 2. The Kier molecular flexibility index (Phi) is 8.54. The summed E-state index contributed by atoms with van der Waals surface area (Å²) < 4.78 is 19.8. The second kappa shape index (κ2) is 12.8. The van der Waals surface area contributed by atoms with Crippen molar-refractivity contribution < 1.29 is 38.2 Å². The topological polar surface area (TPSA) is 121 Å². The number of methoxy groups -OCH3 is 1. The van der Waals surface area contributed by atoms with Crippen molar-refractivity contribution in [1.82, 2.24) is 0 Å². The molecule has 0 aromatic heterocycles. The van der Waals surface area contributed by atoms with Gasteiger partial charge in [-0.05, 0) is 108 Å². The Labute approximate surface area is 326 Å². The number of halogens is 4. The van der Waals surface area contributed by atoms with Crippen LogP contribution in [-0.4, -0.2) is 51.4 Å². The summed E-state index contributed by atoms with van der Waals surface area (Å²) in [6, 6.07) is 22.9. The second-order valence-electron chi connectivity index (χ2n) is 13.6. The number of phenols is 1. The average molecular weight is 865 g/mol. The van der Waals surface area contributed by atoms with Crippen LogP contribution in [-0.2, 0) is 19.2 Å². The predicted molar refractivity (Wildman–Crippen MR) is 203 cm³/mol. The fourth-order valence-corrected chi connectivity index (χ4v) is 10.0. The van der Waals surface area contributed by atoms with Crippen molar-refractivity contribution in [2.24, 2.45) is 17.8 Å². The number of fused-ring (bicyclic) bond motifs is 4. The highest BCUT2D eigenvalue weighted by atomic mass is 127. The monoisotopic (exact) mass is 864 g/mol. The maximum absolute atomic E-state index is 14.6. The Morgan fingerprint density at radius 3 is 2.13 bits per heavy atom. The maximum atomic E-state index is 14.6. The van der Waals surface area contributed by atoms with Crippen molar-refractivity contribution in [2.75, 3.05) is 16.9 Å². The van der Waals surface area contributed by atoms with Crippen LogP contribution in [0.2, 0.25) is 0 Å². The van der Waals surface area contributed by atoms with Crippen LogP contribution < -0.4 is 14.5 Å². The first kappa shape index (κ1) is 35.4. The van der Waals surface area contributed by atoms with E-state index in [1.165, 1.54) is 25.3 Å². The van der Waals surface area contributed by atoms with Gasteiger partial charge in [0, 0.05) is 17.0 Å². The molecule has 2 saturated heterocycles. The van der Waals surface area contributed by atoms with Crippen LogP contribution in [0.5, 0.6) is 11.5 Å². The van der Waals surface area contributed by atoms with Crippen LogP contribution in [0, 0.1) is 27.1 Å². The molecule has 4 aromatic rings. The van der Waals surface area contributed by atoms with E-state index < -0.39 is 62.9 Å². The van der Waals surface area contributed by atoms with Crippen LogP contribution in [0.25, 0.3) is 0 Å². The van der Waals surface area contributed by atoms with E-state index in [0.29, 0.717) is 25.8 Å². The first-order valence-electron chi connectivity index (χ1n) is 16.7. The summed E-state index contributed by atoms with van der Waals surface area (Å²) in [4.78, 5) is 68.4. The van der Waals surface area contributed by atoms with E-state index in [1.54, 1.807) is 60.7 Å². The van der Waals surface area contributed by atoms with Gasteiger partial charge in [-0.3, -0.25) is 28.9 Å². The minimum atomic E-state index is -2.15. The number of alkyl halides is 2. The standard InChI is InChI=1S/C40H28Cl2FIN2O7/c1-53-30-18-22(17-29(44)34(30)48)32-26-15-16-27-31(28(26)19-39(41)37(51)46(38(52)40(32,39)42)25-13-9-23(43)10-14-25)36(50)45(35(27)49)24-11-7-21(8-12-24)33(47)20-5-3-2-4-6-20/h2-15,17-18,27-28,31-32,48H,16,19H2,1H3/t27-,28+,31-,32-,39+,40-/m0/s1. The van der Waals surface area contributed by atoms with Gasteiger partial charge in [-0.2, -0.15) is 0 Å². The normalized spacial score (nSPS) is 27.7. The number of carbonyl (C=O) groups is 5. The van der Waals surface area contributed by atoms with Crippen LogP contribution in [0.15, 0.2) is 103 Å². The van der Waals surface area contributed by atoms with Gasteiger partial charge in [0.15, 0.2) is 27.0 Å². The van der Waals surface area contributed by atoms with Crippen molar-refractivity contribution in [2.45, 2.75) is 28.5 Å². The van der Waals surface area contributed by atoms with Gasteiger partial charge < -0.3 is 9.84 Å². The molecule has 2 aliphatic heterocycles. The van der Waals surface area contributed by atoms with Gasteiger partial charge >= 0.3 is 0 Å². The van der Waals surface area contributed by atoms with Gasteiger partial charge in [0.2, 0.25) is 11.8 Å². The Hall–Kier alpha value is -4.59. The van der Waals surface area contributed by atoms with E-state index in [1.807, 2.05) is 28.7 Å². The van der Waals surface area contributed by atoms with Crippen molar-refractivity contribution >= 4 is 86.6 Å². The lowest BCUT2D eigenvalue weighted by molar-refractivity contribution is -0.125. The molecule has 1 N–H and O–H groups in total. The van der Waals surface area contributed by atoms with Crippen molar-refractivity contribution in [3.8, 4) is 11.5 Å². The number of anilines is 2. The van der Waals surface area contributed by atoms with Gasteiger partial charge in [0.1, 0.15) is 5.82 Å². The molecule has 2 heterocycles. The Morgan fingerprint density at radius 1 is 0.849 bits per heavy atom. The molecule has 6 atom stereocenters. The fourth-order valence-electron chi connectivity index (χ4n) is 8.46.